The van der Waals surface area contributed by atoms with Gasteiger partial charge in [0.25, 0.3) is 5.91 Å². The molecule has 148 valence electrons. The maximum absolute atomic E-state index is 11.9. The van der Waals surface area contributed by atoms with E-state index in [1.807, 2.05) is 24.3 Å². The van der Waals surface area contributed by atoms with E-state index in [9.17, 15) is 4.79 Å². The monoisotopic (exact) mass is 423 g/mol. The Balaban J connectivity index is 1.31. The average Bonchev–Trinajstić information content (AvgIpc) is 3.40. The largest absolute Gasteiger partial charge is 0.459 e. The van der Waals surface area contributed by atoms with Crippen LogP contribution in [0.3, 0.4) is 0 Å². The fourth-order valence-electron chi connectivity index (χ4n) is 2.94. The highest BCUT2D eigenvalue weighted by Crippen LogP contribution is 2.29. The van der Waals surface area contributed by atoms with E-state index < -0.39 is 0 Å². The van der Waals surface area contributed by atoms with E-state index in [-0.39, 0.29) is 5.91 Å². The summed E-state index contributed by atoms with van der Waals surface area (Å²) in [6, 6.07) is 17.8. The van der Waals surface area contributed by atoms with Crippen LogP contribution in [0.4, 0.5) is 0 Å². The van der Waals surface area contributed by atoms with E-state index in [1.165, 1.54) is 22.3 Å². The van der Waals surface area contributed by atoms with Crippen LogP contribution in [0.25, 0.3) is 11.0 Å². The number of carbonyl (C=O) groups is 1. The van der Waals surface area contributed by atoms with E-state index >= 15 is 0 Å². The van der Waals surface area contributed by atoms with Crippen molar-refractivity contribution >= 4 is 40.5 Å². The van der Waals surface area contributed by atoms with Crippen molar-refractivity contribution in [3.05, 3.63) is 77.7 Å². The number of fused-ring (bicyclic) bond motifs is 1. The maximum Gasteiger partial charge on any atom is 0.287 e. The van der Waals surface area contributed by atoms with Crippen molar-refractivity contribution in [1.82, 2.24) is 15.3 Å². The summed E-state index contributed by atoms with van der Waals surface area (Å²) in [6.45, 7) is 2.74. The van der Waals surface area contributed by atoms with Gasteiger partial charge >= 0.3 is 0 Å². The molecule has 7 heteroatoms. The van der Waals surface area contributed by atoms with Crippen molar-refractivity contribution in [1.29, 1.82) is 0 Å². The minimum atomic E-state index is -0.177. The lowest BCUT2D eigenvalue weighted by Gasteiger charge is -2.10. The van der Waals surface area contributed by atoms with Crippen LogP contribution in [0.1, 0.15) is 21.7 Å². The van der Waals surface area contributed by atoms with Crippen LogP contribution in [0.5, 0.6) is 0 Å². The van der Waals surface area contributed by atoms with Gasteiger partial charge in [0.05, 0.1) is 17.3 Å². The van der Waals surface area contributed by atoms with Crippen LogP contribution in [0.15, 0.2) is 75.3 Å². The summed E-state index contributed by atoms with van der Waals surface area (Å²) in [5.74, 6) is 1.82. The molecule has 0 spiro atoms. The summed E-state index contributed by atoms with van der Waals surface area (Å²) in [4.78, 5) is 21.1. The minimum absolute atomic E-state index is 0.177. The molecule has 0 aliphatic heterocycles. The third-order valence-electron chi connectivity index (χ3n) is 4.52. The van der Waals surface area contributed by atoms with Gasteiger partial charge in [-0.2, -0.15) is 0 Å². The number of benzene rings is 2. The number of carbonyl (C=O) groups excluding carboxylic acids is 1. The van der Waals surface area contributed by atoms with E-state index in [1.54, 1.807) is 35.7 Å². The Labute approximate surface area is 177 Å². The number of amides is 1. The Morgan fingerprint density at radius 3 is 2.83 bits per heavy atom. The minimum Gasteiger partial charge on any atom is -0.459 e. The first-order chi connectivity index (χ1) is 14.2. The number of hydrogen-bond donors (Lipinski definition) is 2. The van der Waals surface area contributed by atoms with Crippen molar-refractivity contribution in [2.45, 2.75) is 22.7 Å². The predicted octanol–water partition coefficient (Wildman–Crippen LogP) is 5.28. The Morgan fingerprint density at radius 1 is 1.10 bits per heavy atom. The van der Waals surface area contributed by atoms with Gasteiger partial charge < -0.3 is 14.7 Å². The summed E-state index contributed by atoms with van der Waals surface area (Å²) >= 11 is 3.46. The molecule has 2 aromatic heterocycles. The number of para-hydroxylation sites is 2. The zero-order valence-electron chi connectivity index (χ0n) is 16.0. The normalized spacial score (nSPS) is 11.1. The number of nitrogens with one attached hydrogen (secondary N) is 2. The topological polar surface area (TPSA) is 70.9 Å². The molecule has 29 heavy (non-hydrogen) atoms. The lowest BCUT2D eigenvalue weighted by atomic mass is 10.1. The van der Waals surface area contributed by atoms with Crippen molar-refractivity contribution in [2.75, 3.05) is 12.3 Å². The van der Waals surface area contributed by atoms with E-state index in [2.05, 4.69) is 40.4 Å². The third kappa shape index (κ3) is 4.86. The number of hydrogen-bond acceptors (Lipinski definition) is 5. The first-order valence-electron chi connectivity index (χ1n) is 9.31. The van der Waals surface area contributed by atoms with Crippen molar-refractivity contribution in [3.8, 4) is 0 Å². The number of imidazole rings is 1. The van der Waals surface area contributed by atoms with Crippen LogP contribution < -0.4 is 5.32 Å². The molecule has 2 N–H and O–H groups in total. The van der Waals surface area contributed by atoms with Crippen molar-refractivity contribution < 1.29 is 9.21 Å². The number of aromatic nitrogens is 2. The van der Waals surface area contributed by atoms with Gasteiger partial charge in [-0.1, -0.05) is 36.0 Å². The molecule has 0 aliphatic carbocycles. The SMILES string of the molecule is Cc1c(CSc2nc3ccccc3[nH]2)cccc1SCCNC(=O)c1ccco1. The van der Waals surface area contributed by atoms with E-state index in [4.69, 9.17) is 4.42 Å². The van der Waals surface area contributed by atoms with Gasteiger partial charge in [-0.15, -0.1) is 11.8 Å². The van der Waals surface area contributed by atoms with Crippen molar-refractivity contribution in [2.24, 2.45) is 0 Å². The summed E-state index contributed by atoms with van der Waals surface area (Å²) in [5, 5.41) is 3.81. The maximum atomic E-state index is 11.9. The number of furan rings is 1. The van der Waals surface area contributed by atoms with Crippen LogP contribution >= 0.6 is 23.5 Å². The molecular weight excluding hydrogens is 402 g/mol. The second-order valence-corrected chi connectivity index (χ2v) is 8.57. The molecule has 4 aromatic rings. The lowest BCUT2D eigenvalue weighted by Crippen LogP contribution is -2.25. The number of H-pyrrole nitrogens is 1. The first kappa shape index (κ1) is 19.7. The molecule has 4 rings (SSSR count). The predicted molar refractivity (Wildman–Crippen MR) is 119 cm³/mol. The average molecular weight is 424 g/mol. The molecule has 1 amide bonds. The summed E-state index contributed by atoms with van der Waals surface area (Å²) in [7, 11) is 0. The Morgan fingerprint density at radius 2 is 2.00 bits per heavy atom. The highest BCUT2D eigenvalue weighted by atomic mass is 32.2. The molecule has 0 saturated carbocycles. The van der Waals surface area contributed by atoms with Crippen LogP contribution in [0, 0.1) is 6.92 Å². The molecule has 0 atom stereocenters. The van der Waals surface area contributed by atoms with E-state index in [0.717, 1.165) is 27.7 Å². The molecular formula is C22H21N3O2S2. The molecule has 5 nitrogen and oxygen atoms in total. The highest BCUT2D eigenvalue weighted by Gasteiger charge is 2.09. The summed E-state index contributed by atoms with van der Waals surface area (Å²) < 4.78 is 5.10. The first-order valence-corrected chi connectivity index (χ1v) is 11.3. The molecule has 2 aromatic carbocycles. The summed E-state index contributed by atoms with van der Waals surface area (Å²) in [5.41, 5.74) is 4.62. The highest BCUT2D eigenvalue weighted by molar-refractivity contribution is 7.99. The van der Waals surface area contributed by atoms with Crippen LogP contribution in [-0.4, -0.2) is 28.2 Å². The smallest absolute Gasteiger partial charge is 0.287 e. The number of thioether (sulfide) groups is 2. The van der Waals surface area contributed by atoms with E-state index in [0.29, 0.717) is 12.3 Å². The molecule has 0 saturated heterocycles. The standard InChI is InChI=1S/C22H21N3O2S2/c1-15-16(14-29-22-24-17-7-2-3-8-18(17)25-22)6-4-10-20(15)28-13-11-23-21(26)19-9-5-12-27-19/h2-10,12H,11,13-14H2,1H3,(H,23,26)(H,24,25). The third-order valence-corrected chi connectivity index (χ3v) is 6.60. The zero-order chi connectivity index (χ0) is 20.1. The number of rotatable bonds is 8. The molecule has 2 heterocycles. The molecule has 0 aliphatic rings. The Kier molecular flexibility index (Phi) is 6.27. The Bertz CT molecular complexity index is 1070. The second-order valence-electron chi connectivity index (χ2n) is 6.47. The van der Waals surface area contributed by atoms with Gasteiger partial charge in [-0.25, -0.2) is 4.98 Å². The van der Waals surface area contributed by atoms with Gasteiger partial charge in [-0.05, 0) is 48.4 Å². The number of aromatic amines is 1. The van der Waals surface area contributed by atoms with Crippen molar-refractivity contribution in [3.63, 3.8) is 0 Å². The number of nitrogens with zero attached hydrogens (tertiary/aromatic N) is 1. The van der Waals surface area contributed by atoms with Gasteiger partial charge in [0.1, 0.15) is 0 Å². The van der Waals surface area contributed by atoms with Gasteiger partial charge in [-0.3, -0.25) is 4.79 Å². The quantitative estimate of drug-likeness (QED) is 0.298. The molecule has 0 bridgehead atoms. The molecule has 0 radical (unpaired) electrons. The van der Waals surface area contributed by atoms with Gasteiger partial charge in [0.15, 0.2) is 10.9 Å². The fourth-order valence-corrected chi connectivity index (χ4v) is 4.83. The van der Waals surface area contributed by atoms with Crippen LogP contribution in [0.2, 0.25) is 0 Å². The van der Waals surface area contributed by atoms with Crippen LogP contribution in [-0.2, 0) is 5.75 Å². The van der Waals surface area contributed by atoms with Gasteiger partial charge in [0, 0.05) is 22.9 Å². The zero-order valence-corrected chi connectivity index (χ0v) is 17.6. The Hall–Kier alpha value is -2.64. The lowest BCUT2D eigenvalue weighted by molar-refractivity contribution is 0.0928. The summed E-state index contributed by atoms with van der Waals surface area (Å²) in [6.07, 6.45) is 1.50. The fraction of sp³-hybridized carbons (Fsp3) is 0.182. The molecule has 0 fully saturated rings. The second kappa shape index (κ2) is 9.24. The van der Waals surface area contributed by atoms with Gasteiger partial charge in [0.2, 0.25) is 0 Å². The molecule has 0 unspecified atom stereocenters.